The summed E-state index contributed by atoms with van der Waals surface area (Å²) in [6.45, 7) is 10.8. The van der Waals surface area contributed by atoms with Crippen LogP contribution < -0.4 is 10.2 Å². The van der Waals surface area contributed by atoms with E-state index in [4.69, 9.17) is 9.47 Å². The number of aromatic nitrogens is 1. The van der Waals surface area contributed by atoms with Gasteiger partial charge in [0.2, 0.25) is 0 Å². The van der Waals surface area contributed by atoms with Gasteiger partial charge in [-0.3, -0.25) is 4.90 Å². The van der Waals surface area contributed by atoms with Crippen LogP contribution in [0.1, 0.15) is 62.3 Å². The number of carbonyl (C=O) groups is 2. The number of carbonyl (C=O) groups excluding carboxylic acids is 2. The van der Waals surface area contributed by atoms with Gasteiger partial charge in [0.15, 0.2) is 5.69 Å². The zero-order valence-electron chi connectivity index (χ0n) is 18.4. The maximum Gasteiger partial charge on any atom is 0.410 e. The number of fused-ring (bicyclic) bond motifs is 3. The molecule has 2 saturated heterocycles. The molecule has 2 unspecified atom stereocenters. The Bertz CT molecular complexity index is 821. The van der Waals surface area contributed by atoms with Gasteiger partial charge in [0, 0.05) is 25.3 Å². The van der Waals surface area contributed by atoms with Gasteiger partial charge in [0.1, 0.15) is 5.60 Å². The normalized spacial score (nSPS) is 23.2. The molecule has 3 aliphatic rings. The third-order valence-electron chi connectivity index (χ3n) is 5.94. The van der Waals surface area contributed by atoms with E-state index in [-0.39, 0.29) is 24.1 Å². The van der Waals surface area contributed by atoms with Crippen LogP contribution in [0.5, 0.6) is 0 Å². The van der Waals surface area contributed by atoms with Crippen molar-refractivity contribution in [1.82, 2.24) is 15.2 Å². The van der Waals surface area contributed by atoms with Crippen LogP contribution in [0.25, 0.3) is 0 Å². The van der Waals surface area contributed by atoms with Gasteiger partial charge in [-0.2, -0.15) is 0 Å². The van der Waals surface area contributed by atoms with Gasteiger partial charge in [0.25, 0.3) is 0 Å². The predicted molar refractivity (Wildman–Crippen MR) is 113 cm³/mol. The Kier molecular flexibility index (Phi) is 5.61. The summed E-state index contributed by atoms with van der Waals surface area (Å²) in [4.78, 5) is 34.0. The van der Waals surface area contributed by atoms with E-state index in [1.165, 1.54) is 5.56 Å². The maximum atomic E-state index is 12.8. The standard InChI is InChI=1S/C22H32N4O4/c1-5-29-20(27)17-10-19(16-8-9-23-11-18(16)24-17)25-12-14-6-7-15(13-25)26(14)21(28)30-22(2,3)4/h10,14-15,23H,5-9,11-13H2,1-4H3. The van der Waals surface area contributed by atoms with Crippen molar-refractivity contribution < 1.29 is 19.1 Å². The predicted octanol–water partition coefficient (Wildman–Crippen LogP) is 2.49. The average Bonchev–Trinajstić information content (AvgIpc) is 2.96. The minimum absolute atomic E-state index is 0.121. The molecule has 30 heavy (non-hydrogen) atoms. The molecule has 1 N–H and O–H groups in total. The van der Waals surface area contributed by atoms with Crippen molar-refractivity contribution in [2.45, 2.75) is 71.2 Å². The van der Waals surface area contributed by atoms with Gasteiger partial charge in [-0.25, -0.2) is 14.6 Å². The number of hydrogen-bond acceptors (Lipinski definition) is 7. The lowest BCUT2D eigenvalue weighted by Gasteiger charge is -2.43. The van der Waals surface area contributed by atoms with Crippen LogP contribution in [0.3, 0.4) is 0 Å². The Labute approximate surface area is 177 Å². The monoisotopic (exact) mass is 416 g/mol. The lowest BCUT2D eigenvalue weighted by molar-refractivity contribution is 0.0123. The molecule has 0 aliphatic carbocycles. The number of anilines is 1. The lowest BCUT2D eigenvalue weighted by atomic mass is 10.0. The maximum absolute atomic E-state index is 12.8. The SMILES string of the molecule is CCOC(=O)c1cc(N2CC3CCC(C2)N3C(=O)OC(C)(C)C)c2c(n1)CNCC2. The summed E-state index contributed by atoms with van der Waals surface area (Å²) >= 11 is 0. The topological polar surface area (TPSA) is 84.0 Å². The van der Waals surface area contributed by atoms with Crippen molar-refractivity contribution in [3.63, 3.8) is 0 Å². The van der Waals surface area contributed by atoms with E-state index < -0.39 is 5.60 Å². The molecule has 1 aromatic rings. The largest absolute Gasteiger partial charge is 0.461 e. The summed E-state index contributed by atoms with van der Waals surface area (Å²) in [6, 6.07) is 2.12. The molecular weight excluding hydrogens is 384 g/mol. The number of ether oxygens (including phenoxy) is 2. The molecule has 0 aromatic carbocycles. The summed E-state index contributed by atoms with van der Waals surface area (Å²) in [5, 5.41) is 3.34. The Morgan fingerprint density at radius 1 is 1.23 bits per heavy atom. The quantitative estimate of drug-likeness (QED) is 0.758. The number of nitrogens with zero attached hydrogens (tertiary/aromatic N) is 3. The number of rotatable bonds is 3. The Hall–Kier alpha value is -2.35. The summed E-state index contributed by atoms with van der Waals surface area (Å²) in [6.07, 6.45) is 2.60. The van der Waals surface area contributed by atoms with Crippen molar-refractivity contribution in [3.8, 4) is 0 Å². The molecule has 8 heteroatoms. The van der Waals surface area contributed by atoms with Crippen LogP contribution in [0.4, 0.5) is 10.5 Å². The Morgan fingerprint density at radius 3 is 2.57 bits per heavy atom. The van der Waals surface area contributed by atoms with Crippen LogP contribution in [0.15, 0.2) is 6.07 Å². The van der Waals surface area contributed by atoms with Gasteiger partial charge in [-0.05, 0) is 65.1 Å². The first-order valence-electron chi connectivity index (χ1n) is 10.9. The van der Waals surface area contributed by atoms with Crippen molar-refractivity contribution in [3.05, 3.63) is 23.0 Å². The molecular formula is C22H32N4O4. The molecule has 8 nitrogen and oxygen atoms in total. The van der Waals surface area contributed by atoms with Crippen LogP contribution in [0, 0.1) is 0 Å². The molecule has 164 valence electrons. The molecule has 4 heterocycles. The van der Waals surface area contributed by atoms with Crippen molar-refractivity contribution >= 4 is 17.7 Å². The van der Waals surface area contributed by atoms with Gasteiger partial charge < -0.3 is 19.7 Å². The second-order valence-electron chi connectivity index (χ2n) is 9.28. The molecule has 0 saturated carbocycles. The highest BCUT2D eigenvalue weighted by Gasteiger charge is 2.45. The van der Waals surface area contributed by atoms with Crippen molar-refractivity contribution in [2.24, 2.45) is 0 Å². The molecule has 2 atom stereocenters. The van der Waals surface area contributed by atoms with Crippen LogP contribution in [-0.2, 0) is 22.4 Å². The summed E-state index contributed by atoms with van der Waals surface area (Å²) in [5.41, 5.74) is 3.04. The number of esters is 1. The average molecular weight is 417 g/mol. The second-order valence-corrected chi connectivity index (χ2v) is 9.28. The molecule has 1 aromatic heterocycles. The molecule has 2 bridgehead atoms. The smallest absolute Gasteiger partial charge is 0.410 e. The van der Waals surface area contributed by atoms with E-state index in [1.807, 2.05) is 31.7 Å². The lowest BCUT2D eigenvalue weighted by Crippen LogP contribution is -2.57. The fourth-order valence-corrected chi connectivity index (χ4v) is 4.75. The third-order valence-corrected chi connectivity index (χ3v) is 5.94. The summed E-state index contributed by atoms with van der Waals surface area (Å²) in [7, 11) is 0. The van der Waals surface area contributed by atoms with E-state index in [0.717, 1.165) is 50.3 Å². The molecule has 0 radical (unpaired) electrons. The minimum Gasteiger partial charge on any atom is -0.461 e. The zero-order chi connectivity index (χ0) is 21.5. The number of pyridine rings is 1. The van der Waals surface area contributed by atoms with Crippen LogP contribution in [-0.4, -0.2) is 65.9 Å². The van der Waals surface area contributed by atoms with E-state index >= 15 is 0 Å². The van der Waals surface area contributed by atoms with Gasteiger partial charge in [-0.1, -0.05) is 0 Å². The highest BCUT2D eigenvalue weighted by atomic mass is 16.6. The van der Waals surface area contributed by atoms with Crippen molar-refractivity contribution in [2.75, 3.05) is 31.1 Å². The highest BCUT2D eigenvalue weighted by Crippen LogP contribution is 2.36. The summed E-state index contributed by atoms with van der Waals surface area (Å²) in [5.74, 6) is -0.387. The number of hydrogen-bond donors (Lipinski definition) is 1. The van der Waals surface area contributed by atoms with Crippen LogP contribution in [0.2, 0.25) is 0 Å². The van der Waals surface area contributed by atoms with E-state index in [2.05, 4.69) is 15.2 Å². The van der Waals surface area contributed by atoms with Gasteiger partial charge in [0.05, 0.1) is 24.4 Å². The fraction of sp³-hybridized carbons (Fsp3) is 0.682. The first kappa shape index (κ1) is 20.9. The molecule has 3 aliphatic heterocycles. The number of amides is 1. The number of piperazine rings is 1. The second kappa shape index (κ2) is 8.06. The molecule has 4 rings (SSSR count). The minimum atomic E-state index is -0.501. The molecule has 1 amide bonds. The Morgan fingerprint density at radius 2 is 1.93 bits per heavy atom. The van der Waals surface area contributed by atoms with E-state index in [9.17, 15) is 9.59 Å². The van der Waals surface area contributed by atoms with Crippen molar-refractivity contribution in [1.29, 1.82) is 0 Å². The first-order valence-corrected chi connectivity index (χ1v) is 10.9. The van der Waals surface area contributed by atoms with E-state index in [0.29, 0.717) is 18.8 Å². The van der Waals surface area contributed by atoms with E-state index in [1.54, 1.807) is 6.92 Å². The fourth-order valence-electron chi connectivity index (χ4n) is 4.75. The zero-order valence-corrected chi connectivity index (χ0v) is 18.4. The molecule has 2 fully saturated rings. The van der Waals surface area contributed by atoms with Gasteiger partial charge in [-0.15, -0.1) is 0 Å². The van der Waals surface area contributed by atoms with Crippen LogP contribution >= 0.6 is 0 Å². The van der Waals surface area contributed by atoms with Gasteiger partial charge >= 0.3 is 12.1 Å². The number of nitrogens with one attached hydrogen (secondary N) is 1. The third kappa shape index (κ3) is 4.10. The summed E-state index contributed by atoms with van der Waals surface area (Å²) < 4.78 is 10.9. The Balaban J connectivity index is 1.60. The highest BCUT2D eigenvalue weighted by molar-refractivity contribution is 5.89. The molecule has 0 spiro atoms. The first-order chi connectivity index (χ1) is 14.3.